The van der Waals surface area contributed by atoms with Crippen LogP contribution >= 0.6 is 0 Å². The van der Waals surface area contributed by atoms with Crippen molar-refractivity contribution in [1.82, 2.24) is 0 Å². The minimum Gasteiger partial charge on any atom is -0.508 e. The van der Waals surface area contributed by atoms with E-state index in [2.05, 4.69) is 54.5 Å². The van der Waals surface area contributed by atoms with Crippen LogP contribution in [-0.4, -0.2) is 66.9 Å². The number of aliphatic hydroxyl groups excluding tert-OH is 2. The molecule has 65 heavy (non-hydrogen) atoms. The van der Waals surface area contributed by atoms with Gasteiger partial charge in [-0.15, -0.1) is 0 Å². The fraction of sp³-hybridized carbons (Fsp3) is 0.600. The molecule has 7 rings (SSSR count). The Balaban J connectivity index is 0.946. The normalized spacial score (nSPS) is 33.3. The molecule has 10 nitrogen and oxygen atoms in total. The molecule has 2 aromatic rings. The molecule has 4 saturated carbocycles. The van der Waals surface area contributed by atoms with Crippen molar-refractivity contribution >= 4 is 24.1 Å². The van der Waals surface area contributed by atoms with Crippen LogP contribution in [0.3, 0.4) is 0 Å². The van der Waals surface area contributed by atoms with Gasteiger partial charge in [-0.3, -0.25) is 9.59 Å². The average Bonchev–Trinajstić information content (AvgIpc) is 3.41. The van der Waals surface area contributed by atoms with Crippen LogP contribution in [0.4, 0.5) is 0 Å². The molecule has 3 unspecified atom stereocenters. The summed E-state index contributed by atoms with van der Waals surface area (Å²) in [4.78, 5) is 26.6. The Morgan fingerprint density at radius 1 is 0.738 bits per heavy atom. The van der Waals surface area contributed by atoms with Gasteiger partial charge < -0.3 is 39.0 Å². The van der Waals surface area contributed by atoms with E-state index in [-0.39, 0.29) is 45.4 Å². The van der Waals surface area contributed by atoms with Crippen LogP contribution in [0.2, 0.25) is 0 Å². The Hall–Kier alpha value is -4.54. The maximum atomic E-state index is 13.5. The number of rotatable bonds is 12. The van der Waals surface area contributed by atoms with Crippen molar-refractivity contribution in [3.8, 4) is 23.0 Å². The fourth-order valence-electron chi connectivity index (χ4n) is 14.4. The molecule has 0 aromatic heterocycles. The summed E-state index contributed by atoms with van der Waals surface area (Å²) in [7, 11) is 4.81. The van der Waals surface area contributed by atoms with Gasteiger partial charge in [-0.1, -0.05) is 90.5 Å². The van der Waals surface area contributed by atoms with Crippen LogP contribution in [0.1, 0.15) is 130 Å². The molecule has 2 aromatic carbocycles. The number of aliphatic hydroxyl groups is 2. The molecule has 0 heterocycles. The zero-order chi connectivity index (χ0) is 47.1. The molecule has 0 bridgehead atoms. The number of carbonyl (C=O) groups is 2. The van der Waals surface area contributed by atoms with E-state index in [1.165, 1.54) is 77.0 Å². The number of esters is 2. The number of benzene rings is 2. The van der Waals surface area contributed by atoms with E-state index < -0.39 is 24.5 Å². The van der Waals surface area contributed by atoms with Crippen molar-refractivity contribution in [2.24, 2.45) is 50.7 Å². The molecule has 10 atom stereocenters. The van der Waals surface area contributed by atoms with Crippen LogP contribution < -0.4 is 14.2 Å². The van der Waals surface area contributed by atoms with E-state index in [1.54, 1.807) is 48.1 Å². The lowest BCUT2D eigenvalue weighted by Gasteiger charge is -2.64. The Morgan fingerprint density at radius 3 is 2.12 bits per heavy atom. The maximum Gasteiger partial charge on any atom is 0.322 e. The summed E-state index contributed by atoms with van der Waals surface area (Å²) in [6, 6.07) is 9.67. The van der Waals surface area contributed by atoms with Gasteiger partial charge in [0.2, 0.25) is 0 Å². The standard InChI is InChI=1S/C55H74O10/c1-51(2)45-23-26-53(5)33-36-15-21-44-52(3,4)48(25-27-54(44,6)39(36)18-22-46(53)55(45,7)28-24-47(51)63-10)65-50(60)32-49(59)64-41-20-14-35(30-43(41)62-9)12-17-38(57)31-37(56)16-11-34-13-19-40(58)42(29-34)61-8/h11-17,19-20,29-31,37,39,44-48,56-58H,18,21-28,32-33H2,1-10H3/b16-11+,17-12+,38-31-/t37?,39-,44-,45?,46?,47-,48+,53-,54+,55-/m0/s1. The highest BCUT2D eigenvalue weighted by Gasteiger charge is 2.63. The second-order valence-electron chi connectivity index (χ2n) is 21.9. The highest BCUT2D eigenvalue weighted by atomic mass is 16.6. The Morgan fingerprint density at radius 2 is 1.40 bits per heavy atom. The lowest BCUT2D eigenvalue weighted by atomic mass is 9.42. The Labute approximate surface area is 387 Å². The number of hydrogen-bond donors (Lipinski definition) is 3. The van der Waals surface area contributed by atoms with Crippen LogP contribution in [0.15, 0.2) is 72.0 Å². The quantitative estimate of drug-likeness (QED) is 0.0471. The van der Waals surface area contributed by atoms with Gasteiger partial charge in [0.15, 0.2) is 23.0 Å². The highest BCUT2D eigenvalue weighted by Crippen LogP contribution is 2.70. The lowest BCUT2D eigenvalue weighted by Crippen LogP contribution is -2.58. The molecule has 0 saturated heterocycles. The number of hydrogen-bond acceptors (Lipinski definition) is 10. The fourth-order valence-corrected chi connectivity index (χ4v) is 14.4. The molecule has 5 aliphatic carbocycles. The number of ether oxygens (including phenoxy) is 5. The molecular weight excluding hydrogens is 821 g/mol. The summed E-state index contributed by atoms with van der Waals surface area (Å²) in [6.07, 6.45) is 19.7. The van der Waals surface area contributed by atoms with Gasteiger partial charge in [0.25, 0.3) is 0 Å². The summed E-state index contributed by atoms with van der Waals surface area (Å²) in [5, 5.41) is 30.6. The van der Waals surface area contributed by atoms with E-state index >= 15 is 0 Å². The van der Waals surface area contributed by atoms with Gasteiger partial charge in [-0.2, -0.15) is 0 Å². The number of phenolic OH excluding ortho intramolecular Hbond substituents is 1. The van der Waals surface area contributed by atoms with E-state index in [4.69, 9.17) is 23.7 Å². The minimum atomic E-state index is -1.09. The number of phenols is 1. The van der Waals surface area contributed by atoms with Crippen LogP contribution in [0.5, 0.6) is 23.0 Å². The third-order valence-electron chi connectivity index (χ3n) is 17.5. The summed E-state index contributed by atoms with van der Waals surface area (Å²) in [6.45, 7) is 17.2. The Kier molecular flexibility index (Phi) is 13.9. The SMILES string of the molecule is COc1cc(/C=C/C(O)/C=C(O)/C=C/c2ccc(OC(=O)CC(=O)O[C@@H]3CC[C@]4(C)[C@H]5CCC6[C@@](C)(CCC7C(C)(C)[C@@H](OC)CC[C@@]76C)CC5=CC[C@H]4C3(C)C)c(OC)c2)ccc1O. The molecule has 354 valence electrons. The predicted octanol–water partition coefficient (Wildman–Crippen LogP) is 11.6. The van der Waals surface area contributed by atoms with E-state index in [0.29, 0.717) is 57.5 Å². The van der Waals surface area contributed by atoms with E-state index in [1.807, 2.05) is 7.11 Å². The number of allylic oxidation sites excluding steroid dienone is 3. The van der Waals surface area contributed by atoms with Crippen molar-refractivity contribution < 1.29 is 48.6 Å². The third-order valence-corrected chi connectivity index (χ3v) is 17.5. The van der Waals surface area contributed by atoms with Crippen molar-refractivity contribution in [2.45, 2.75) is 137 Å². The molecule has 0 radical (unpaired) electrons. The number of carbonyl (C=O) groups excluding carboxylic acids is 2. The number of methoxy groups -OCH3 is 3. The van der Waals surface area contributed by atoms with Gasteiger partial charge in [-0.25, -0.2) is 0 Å². The van der Waals surface area contributed by atoms with Gasteiger partial charge >= 0.3 is 11.9 Å². The molecule has 3 N–H and O–H groups in total. The topological polar surface area (TPSA) is 141 Å². The van der Waals surface area contributed by atoms with Crippen LogP contribution in [0.25, 0.3) is 12.2 Å². The predicted molar refractivity (Wildman–Crippen MR) is 253 cm³/mol. The van der Waals surface area contributed by atoms with Crippen molar-refractivity contribution in [3.05, 3.63) is 83.2 Å². The average molecular weight is 895 g/mol. The Bertz CT molecular complexity index is 2220. The van der Waals surface area contributed by atoms with Crippen molar-refractivity contribution in [2.75, 3.05) is 21.3 Å². The summed E-state index contributed by atoms with van der Waals surface area (Å²) in [5.41, 5.74) is 3.58. The molecule has 10 heteroatoms. The molecule has 4 fully saturated rings. The van der Waals surface area contributed by atoms with Gasteiger partial charge in [-0.05, 0) is 157 Å². The molecule has 5 aliphatic rings. The zero-order valence-corrected chi connectivity index (χ0v) is 40.4. The molecule has 0 aliphatic heterocycles. The maximum absolute atomic E-state index is 13.5. The first kappa shape index (κ1) is 48.4. The summed E-state index contributed by atoms with van der Waals surface area (Å²) >= 11 is 0. The smallest absolute Gasteiger partial charge is 0.322 e. The van der Waals surface area contributed by atoms with Crippen molar-refractivity contribution in [3.63, 3.8) is 0 Å². The largest absolute Gasteiger partial charge is 0.508 e. The zero-order valence-electron chi connectivity index (χ0n) is 40.4. The highest BCUT2D eigenvalue weighted by molar-refractivity contribution is 5.92. The first-order valence-electron chi connectivity index (χ1n) is 23.8. The minimum absolute atomic E-state index is 0.00990. The van der Waals surface area contributed by atoms with Gasteiger partial charge in [0.1, 0.15) is 18.3 Å². The van der Waals surface area contributed by atoms with Crippen LogP contribution in [0, 0.1) is 50.7 Å². The second-order valence-corrected chi connectivity index (χ2v) is 21.9. The summed E-state index contributed by atoms with van der Waals surface area (Å²) < 4.78 is 28.5. The molecule has 0 spiro atoms. The monoisotopic (exact) mass is 895 g/mol. The van der Waals surface area contributed by atoms with E-state index in [9.17, 15) is 24.9 Å². The van der Waals surface area contributed by atoms with Crippen molar-refractivity contribution in [1.29, 1.82) is 0 Å². The van der Waals surface area contributed by atoms with E-state index in [0.717, 1.165) is 25.7 Å². The first-order valence-corrected chi connectivity index (χ1v) is 23.8. The van der Waals surface area contributed by atoms with Crippen LogP contribution in [-0.2, 0) is 19.1 Å². The second kappa shape index (κ2) is 18.6. The lowest BCUT2D eigenvalue weighted by molar-refractivity contribution is -0.178. The third kappa shape index (κ3) is 9.41. The summed E-state index contributed by atoms with van der Waals surface area (Å²) in [5.74, 6) is 1.43. The first-order chi connectivity index (χ1) is 30.7. The number of aromatic hydroxyl groups is 1. The molecule has 0 amide bonds. The molecular formula is C55H74O10. The van der Waals surface area contributed by atoms with Gasteiger partial charge in [0.05, 0.1) is 26.4 Å². The van der Waals surface area contributed by atoms with Gasteiger partial charge in [0, 0.05) is 12.5 Å². The number of fused-ring (bicyclic) bond motifs is 6.